The van der Waals surface area contributed by atoms with Gasteiger partial charge in [0.05, 0.1) is 0 Å². The Morgan fingerprint density at radius 1 is 1.42 bits per heavy atom. The average molecular weight is 171 g/mol. The van der Waals surface area contributed by atoms with Crippen LogP contribution in [0.15, 0.2) is 0 Å². The second-order valence-corrected chi connectivity index (χ2v) is 4.66. The molecule has 0 aliphatic carbocycles. The number of ketones is 1. The molecule has 2 N–H and O–H groups in total. The summed E-state index contributed by atoms with van der Waals surface area (Å²) in [6, 6.07) is 0. The Labute approximate surface area is 75.5 Å². The highest BCUT2D eigenvalue weighted by Gasteiger charge is 2.15. The first kappa shape index (κ1) is 11.6. The van der Waals surface area contributed by atoms with Gasteiger partial charge >= 0.3 is 0 Å². The molecular weight excluding hydrogens is 150 g/mol. The van der Waals surface area contributed by atoms with E-state index in [9.17, 15) is 4.79 Å². The smallest absolute Gasteiger partial charge is 0.136 e. The molecule has 0 saturated carbocycles. The van der Waals surface area contributed by atoms with Crippen LogP contribution in [-0.2, 0) is 4.79 Å². The minimum Gasteiger partial charge on any atom is -0.330 e. The van der Waals surface area contributed by atoms with Gasteiger partial charge in [0.25, 0.3) is 0 Å². The molecule has 0 aliphatic heterocycles. The zero-order valence-electron chi connectivity index (χ0n) is 8.68. The summed E-state index contributed by atoms with van der Waals surface area (Å²) in [6.45, 7) is 8.81. The Bertz CT molecular complexity index is 146. The lowest BCUT2D eigenvalue weighted by Crippen LogP contribution is -2.21. The molecule has 0 aromatic rings. The zero-order chi connectivity index (χ0) is 9.78. The molecule has 0 spiro atoms. The summed E-state index contributed by atoms with van der Waals surface area (Å²) in [6.07, 6.45) is 1.62. The summed E-state index contributed by atoms with van der Waals surface area (Å²) in [5.41, 5.74) is 5.65. The molecule has 0 heterocycles. The summed E-state index contributed by atoms with van der Waals surface area (Å²) in [7, 11) is 0. The van der Waals surface area contributed by atoms with Gasteiger partial charge in [0.15, 0.2) is 0 Å². The summed E-state index contributed by atoms with van der Waals surface area (Å²) in [5, 5.41) is 0. The van der Waals surface area contributed by atoms with Crippen LogP contribution in [0.2, 0.25) is 0 Å². The van der Waals surface area contributed by atoms with E-state index in [-0.39, 0.29) is 11.3 Å². The van der Waals surface area contributed by atoms with Gasteiger partial charge in [0.2, 0.25) is 0 Å². The molecule has 2 nitrogen and oxygen atoms in total. The maximum absolute atomic E-state index is 11.3. The number of rotatable bonds is 4. The molecule has 1 unspecified atom stereocenters. The Kier molecular flexibility index (Phi) is 4.46. The van der Waals surface area contributed by atoms with Crippen molar-refractivity contribution in [1.82, 2.24) is 0 Å². The zero-order valence-corrected chi connectivity index (χ0v) is 8.68. The van der Waals surface area contributed by atoms with Gasteiger partial charge in [-0.25, -0.2) is 0 Å². The van der Waals surface area contributed by atoms with Crippen molar-refractivity contribution >= 4 is 5.78 Å². The Morgan fingerprint density at radius 3 is 2.25 bits per heavy atom. The lowest BCUT2D eigenvalue weighted by Gasteiger charge is -2.18. The van der Waals surface area contributed by atoms with Gasteiger partial charge in [-0.05, 0) is 11.8 Å². The molecule has 0 rings (SSSR count). The van der Waals surface area contributed by atoms with Crippen LogP contribution in [0.4, 0.5) is 0 Å². The third-order valence-corrected chi connectivity index (χ3v) is 2.02. The maximum Gasteiger partial charge on any atom is 0.136 e. The Morgan fingerprint density at radius 2 is 1.92 bits per heavy atom. The van der Waals surface area contributed by atoms with Crippen molar-refractivity contribution in [1.29, 1.82) is 0 Å². The van der Waals surface area contributed by atoms with Crippen LogP contribution in [0.5, 0.6) is 0 Å². The first-order valence-corrected chi connectivity index (χ1v) is 4.59. The second-order valence-electron chi connectivity index (χ2n) is 4.66. The lowest BCUT2D eigenvalue weighted by molar-refractivity contribution is -0.122. The predicted molar refractivity (Wildman–Crippen MR) is 51.9 cm³/mol. The maximum atomic E-state index is 11.3. The van der Waals surface area contributed by atoms with E-state index in [1.54, 1.807) is 0 Å². The van der Waals surface area contributed by atoms with Crippen LogP contribution in [0.25, 0.3) is 0 Å². The molecule has 0 aliphatic rings. The monoisotopic (exact) mass is 171 g/mol. The van der Waals surface area contributed by atoms with Crippen molar-refractivity contribution in [2.75, 3.05) is 6.54 Å². The summed E-state index contributed by atoms with van der Waals surface area (Å²) in [4.78, 5) is 11.3. The number of nitrogens with two attached hydrogens (primary N) is 1. The third kappa shape index (κ3) is 5.30. The molecule has 0 aromatic heterocycles. The normalized spacial score (nSPS) is 14.4. The number of carbonyl (C=O) groups excluding carboxylic acids is 1. The second kappa shape index (κ2) is 4.61. The highest BCUT2D eigenvalue weighted by atomic mass is 16.1. The van der Waals surface area contributed by atoms with Crippen molar-refractivity contribution in [2.45, 2.75) is 40.5 Å². The van der Waals surface area contributed by atoms with Crippen LogP contribution in [0.1, 0.15) is 40.5 Å². The van der Waals surface area contributed by atoms with Crippen molar-refractivity contribution in [2.24, 2.45) is 17.1 Å². The van der Waals surface area contributed by atoms with E-state index in [1.165, 1.54) is 0 Å². The van der Waals surface area contributed by atoms with Gasteiger partial charge in [-0.2, -0.15) is 0 Å². The quantitative estimate of drug-likeness (QED) is 0.702. The van der Waals surface area contributed by atoms with E-state index in [4.69, 9.17) is 5.73 Å². The van der Waals surface area contributed by atoms with Crippen LogP contribution in [-0.4, -0.2) is 12.3 Å². The molecule has 0 fully saturated rings. The van der Waals surface area contributed by atoms with Crippen molar-refractivity contribution in [3.63, 3.8) is 0 Å². The topological polar surface area (TPSA) is 43.1 Å². The van der Waals surface area contributed by atoms with E-state index in [2.05, 4.69) is 20.8 Å². The molecule has 2 heteroatoms. The van der Waals surface area contributed by atoms with Crippen LogP contribution >= 0.6 is 0 Å². The number of hydrogen-bond acceptors (Lipinski definition) is 2. The number of carbonyl (C=O) groups is 1. The van der Waals surface area contributed by atoms with Gasteiger partial charge in [0.1, 0.15) is 5.78 Å². The fourth-order valence-corrected chi connectivity index (χ4v) is 0.876. The van der Waals surface area contributed by atoms with E-state index < -0.39 is 0 Å². The molecule has 1 atom stereocenters. The predicted octanol–water partition coefficient (Wildman–Crippen LogP) is 1.98. The van der Waals surface area contributed by atoms with E-state index in [0.717, 1.165) is 6.42 Å². The molecule has 12 heavy (non-hydrogen) atoms. The van der Waals surface area contributed by atoms with Crippen molar-refractivity contribution < 1.29 is 4.79 Å². The Hall–Kier alpha value is -0.370. The summed E-state index contributed by atoms with van der Waals surface area (Å²) < 4.78 is 0. The average Bonchev–Trinajstić information content (AvgIpc) is 1.97. The summed E-state index contributed by atoms with van der Waals surface area (Å²) in [5.74, 6) is 0.333. The number of Topliss-reactive ketones (excluding diaryl/α,β-unsaturated/α-hetero) is 1. The van der Waals surface area contributed by atoms with Crippen LogP contribution in [0, 0.1) is 11.3 Å². The van der Waals surface area contributed by atoms with Gasteiger partial charge < -0.3 is 5.73 Å². The van der Waals surface area contributed by atoms with Gasteiger partial charge in [-0.15, -0.1) is 0 Å². The molecule has 0 aromatic carbocycles. The van der Waals surface area contributed by atoms with Crippen LogP contribution in [0.3, 0.4) is 0 Å². The largest absolute Gasteiger partial charge is 0.330 e. The third-order valence-electron chi connectivity index (χ3n) is 2.02. The molecular formula is C10H21NO. The standard InChI is InChI=1S/C10H21NO/c1-8(7-11)9(12)5-6-10(2,3)4/h8H,5-7,11H2,1-4H3. The fraction of sp³-hybridized carbons (Fsp3) is 0.900. The van der Waals surface area contributed by atoms with Crippen molar-refractivity contribution in [3.05, 3.63) is 0 Å². The molecule has 0 radical (unpaired) electrons. The van der Waals surface area contributed by atoms with Crippen molar-refractivity contribution in [3.8, 4) is 0 Å². The molecule has 0 bridgehead atoms. The SMILES string of the molecule is CC(CN)C(=O)CCC(C)(C)C. The Balaban J connectivity index is 3.72. The fourth-order valence-electron chi connectivity index (χ4n) is 0.876. The number of hydrogen-bond donors (Lipinski definition) is 1. The first-order valence-electron chi connectivity index (χ1n) is 4.59. The molecule has 0 amide bonds. The molecule has 0 saturated heterocycles. The van der Waals surface area contributed by atoms with Crippen LogP contribution < -0.4 is 5.73 Å². The highest BCUT2D eigenvalue weighted by molar-refractivity contribution is 5.80. The summed E-state index contributed by atoms with van der Waals surface area (Å²) >= 11 is 0. The molecule has 72 valence electrons. The minimum absolute atomic E-state index is 0.0346. The van der Waals surface area contributed by atoms with E-state index >= 15 is 0 Å². The lowest BCUT2D eigenvalue weighted by atomic mass is 9.87. The van der Waals surface area contributed by atoms with Gasteiger partial charge in [-0.3, -0.25) is 4.79 Å². The highest BCUT2D eigenvalue weighted by Crippen LogP contribution is 2.21. The first-order chi connectivity index (χ1) is 5.37. The van der Waals surface area contributed by atoms with E-state index in [1.807, 2.05) is 6.92 Å². The van der Waals surface area contributed by atoms with E-state index in [0.29, 0.717) is 18.7 Å². The minimum atomic E-state index is 0.0346. The van der Waals surface area contributed by atoms with Gasteiger partial charge in [0, 0.05) is 18.9 Å². The van der Waals surface area contributed by atoms with Gasteiger partial charge in [-0.1, -0.05) is 27.7 Å².